The largest absolute Gasteiger partial charge is 0.347 e. The first-order valence-corrected chi connectivity index (χ1v) is 17.1. The third-order valence-electron chi connectivity index (χ3n) is 8.97. The van der Waals surface area contributed by atoms with Gasteiger partial charge >= 0.3 is 12.1 Å². The van der Waals surface area contributed by atoms with Gasteiger partial charge in [0.05, 0.1) is 18.1 Å². The predicted octanol–water partition coefficient (Wildman–Crippen LogP) is 2.86. The summed E-state index contributed by atoms with van der Waals surface area (Å²) in [6.07, 6.45) is 2.29. The number of Topliss-reactive ketones (excluding diaryl/α,β-unsaturated/α-hetero) is 1. The van der Waals surface area contributed by atoms with Crippen molar-refractivity contribution < 1.29 is 33.2 Å². The minimum atomic E-state index is -1.15. The molecule has 0 radical (unpaired) electrons. The van der Waals surface area contributed by atoms with Crippen LogP contribution in [-0.4, -0.2) is 87.2 Å². The van der Waals surface area contributed by atoms with Gasteiger partial charge in [-0.05, 0) is 64.0 Å². The molecule has 1 saturated heterocycles. The fraction of sp³-hybridized carbons (Fsp3) is 0.657. The van der Waals surface area contributed by atoms with Crippen molar-refractivity contribution in [3.63, 3.8) is 0 Å². The average molecular weight is 686 g/mol. The molecule has 0 bridgehead atoms. The number of carbonyl (C=O) groups is 6. The lowest BCUT2D eigenvalue weighted by Crippen LogP contribution is -2.61. The fourth-order valence-corrected chi connectivity index (χ4v) is 6.30. The van der Waals surface area contributed by atoms with Crippen LogP contribution in [0.2, 0.25) is 0 Å². The standard InChI is InChI=1S/C35H52FN7O6/c1-9-11-24(26(44)29(46)37-21-14-15-21)38-28(45)25-16-35(8,41-32(49)42-17-20-12-10-13-23(36)22(20)18-42)19-43(25)30(47)27(33(2,3)4)39-31(48)40-34(5,6)7/h10,12-13,21,24-25,27H,9,11,14-19H2,1-8H3,(H,37,46)(H,38,45)(H,41,49)(H2,39,40,48)/t24-,25-,27+,35-/m0/s1. The van der Waals surface area contributed by atoms with Crippen LogP contribution in [0.4, 0.5) is 14.0 Å². The normalized spacial score (nSPS) is 21.7. The van der Waals surface area contributed by atoms with Gasteiger partial charge in [-0.3, -0.25) is 19.2 Å². The molecule has 1 aromatic carbocycles. The highest BCUT2D eigenvalue weighted by atomic mass is 19.1. The maximum atomic E-state index is 14.4. The maximum absolute atomic E-state index is 14.4. The van der Waals surface area contributed by atoms with Gasteiger partial charge in [0.1, 0.15) is 17.9 Å². The van der Waals surface area contributed by atoms with Crippen LogP contribution in [0.25, 0.3) is 0 Å². The van der Waals surface area contributed by atoms with E-state index in [2.05, 4.69) is 26.6 Å². The number of hydrogen-bond acceptors (Lipinski definition) is 6. The van der Waals surface area contributed by atoms with Gasteiger partial charge in [-0.1, -0.05) is 46.2 Å². The number of hydrogen-bond donors (Lipinski definition) is 5. The summed E-state index contributed by atoms with van der Waals surface area (Å²) in [5, 5.41) is 14.0. The van der Waals surface area contributed by atoms with E-state index in [-0.39, 0.29) is 38.5 Å². The Labute approximate surface area is 287 Å². The molecule has 4 rings (SSSR count). The predicted molar refractivity (Wildman–Crippen MR) is 180 cm³/mol. The minimum absolute atomic E-state index is 0.0161. The summed E-state index contributed by atoms with van der Waals surface area (Å²) in [5.41, 5.74) is -1.35. The summed E-state index contributed by atoms with van der Waals surface area (Å²) < 4.78 is 14.4. The van der Waals surface area contributed by atoms with Crippen LogP contribution in [0.1, 0.15) is 98.6 Å². The highest BCUT2D eigenvalue weighted by molar-refractivity contribution is 6.38. The topological polar surface area (TPSA) is 169 Å². The molecule has 270 valence electrons. The smallest absolute Gasteiger partial charge is 0.318 e. The Bertz CT molecular complexity index is 1480. The van der Waals surface area contributed by atoms with Crippen LogP contribution in [0.15, 0.2) is 18.2 Å². The Morgan fingerprint density at radius 1 is 1.00 bits per heavy atom. The van der Waals surface area contributed by atoms with Crippen molar-refractivity contribution in [2.45, 2.75) is 136 Å². The third kappa shape index (κ3) is 9.48. The zero-order valence-electron chi connectivity index (χ0n) is 29.9. The van der Waals surface area contributed by atoms with E-state index < -0.39 is 76.0 Å². The number of fused-ring (bicyclic) bond motifs is 1. The number of urea groups is 2. The Balaban J connectivity index is 1.59. The Morgan fingerprint density at radius 3 is 2.24 bits per heavy atom. The number of carbonyl (C=O) groups excluding carboxylic acids is 6. The molecule has 3 aliphatic rings. The second-order valence-corrected chi connectivity index (χ2v) is 16.0. The van der Waals surface area contributed by atoms with E-state index in [0.717, 1.165) is 12.8 Å². The number of likely N-dealkylation sites (tertiary alicyclic amines) is 1. The van der Waals surface area contributed by atoms with Crippen LogP contribution in [0.3, 0.4) is 0 Å². The molecule has 7 amide bonds. The zero-order chi connectivity index (χ0) is 36.5. The minimum Gasteiger partial charge on any atom is -0.347 e. The van der Waals surface area contributed by atoms with Crippen molar-refractivity contribution in [3.8, 4) is 0 Å². The van der Waals surface area contributed by atoms with Crippen molar-refractivity contribution in [2.75, 3.05) is 6.54 Å². The number of rotatable bonds is 10. The lowest BCUT2D eigenvalue weighted by atomic mass is 9.85. The molecule has 13 nitrogen and oxygen atoms in total. The third-order valence-corrected chi connectivity index (χ3v) is 8.97. The SMILES string of the molecule is CCC[C@H](NC(=O)[C@@H]1C[C@](C)(NC(=O)N2Cc3cccc(F)c3C2)CN1C(=O)[C@@H](NC(=O)NC(C)(C)C)C(C)(C)C)C(=O)C(=O)NC1CC1. The number of amides is 7. The summed E-state index contributed by atoms with van der Waals surface area (Å²) in [6, 6.07) is 0.273. The van der Waals surface area contributed by atoms with Crippen LogP contribution < -0.4 is 26.6 Å². The summed E-state index contributed by atoms with van der Waals surface area (Å²) in [7, 11) is 0. The quantitative estimate of drug-likeness (QED) is 0.237. The number of ketones is 1. The van der Waals surface area contributed by atoms with Gasteiger partial charge in [-0.25, -0.2) is 14.0 Å². The van der Waals surface area contributed by atoms with Gasteiger partial charge in [0, 0.05) is 36.7 Å². The molecule has 5 N–H and O–H groups in total. The van der Waals surface area contributed by atoms with Crippen molar-refractivity contribution >= 4 is 35.6 Å². The van der Waals surface area contributed by atoms with Crippen LogP contribution in [0.5, 0.6) is 0 Å². The van der Waals surface area contributed by atoms with Crippen LogP contribution >= 0.6 is 0 Å². The number of halogens is 1. The van der Waals surface area contributed by atoms with Crippen molar-refractivity contribution in [1.29, 1.82) is 0 Å². The Kier molecular flexibility index (Phi) is 11.0. The second-order valence-electron chi connectivity index (χ2n) is 16.0. The van der Waals surface area contributed by atoms with E-state index in [9.17, 15) is 33.2 Å². The molecule has 2 fully saturated rings. The molecular weight excluding hydrogens is 633 g/mol. The van der Waals surface area contributed by atoms with Gasteiger partial charge in [0.15, 0.2) is 0 Å². The van der Waals surface area contributed by atoms with Gasteiger partial charge < -0.3 is 36.4 Å². The molecule has 1 aliphatic carbocycles. The monoisotopic (exact) mass is 685 g/mol. The van der Waals surface area contributed by atoms with Crippen LogP contribution in [-0.2, 0) is 32.3 Å². The molecule has 1 saturated carbocycles. The molecular formula is C35H52FN7O6. The second kappa shape index (κ2) is 14.3. The molecule has 49 heavy (non-hydrogen) atoms. The van der Waals surface area contributed by atoms with E-state index in [1.54, 1.807) is 39.8 Å². The molecule has 2 aliphatic heterocycles. The van der Waals surface area contributed by atoms with Gasteiger partial charge in [-0.2, -0.15) is 0 Å². The fourth-order valence-electron chi connectivity index (χ4n) is 6.30. The molecule has 4 atom stereocenters. The van der Waals surface area contributed by atoms with E-state index >= 15 is 0 Å². The summed E-state index contributed by atoms with van der Waals surface area (Å²) in [6.45, 7) is 14.5. The number of nitrogens with zero attached hydrogens (tertiary/aromatic N) is 2. The Hall–Kier alpha value is -4.23. The molecule has 14 heteroatoms. The van der Waals surface area contributed by atoms with Crippen molar-refractivity contribution in [2.24, 2.45) is 5.41 Å². The average Bonchev–Trinajstić information content (AvgIpc) is 3.56. The summed E-state index contributed by atoms with van der Waals surface area (Å²) in [4.78, 5) is 83.6. The molecule has 0 unspecified atom stereocenters. The molecule has 0 aromatic heterocycles. The van der Waals surface area contributed by atoms with Crippen molar-refractivity contribution in [1.82, 2.24) is 36.4 Å². The van der Waals surface area contributed by atoms with Crippen LogP contribution in [0, 0.1) is 11.2 Å². The highest BCUT2D eigenvalue weighted by Crippen LogP contribution is 2.32. The van der Waals surface area contributed by atoms with E-state index in [1.807, 2.05) is 27.7 Å². The Morgan fingerprint density at radius 2 is 1.67 bits per heavy atom. The van der Waals surface area contributed by atoms with Gasteiger partial charge in [0.25, 0.3) is 5.91 Å². The maximum Gasteiger partial charge on any atom is 0.318 e. The number of benzene rings is 1. The first kappa shape index (κ1) is 37.6. The van der Waals surface area contributed by atoms with E-state index in [4.69, 9.17) is 0 Å². The summed E-state index contributed by atoms with van der Waals surface area (Å²) >= 11 is 0. The first-order chi connectivity index (χ1) is 22.7. The van der Waals surface area contributed by atoms with E-state index in [0.29, 0.717) is 17.5 Å². The summed E-state index contributed by atoms with van der Waals surface area (Å²) in [5.74, 6) is -3.12. The van der Waals surface area contributed by atoms with E-state index in [1.165, 1.54) is 15.9 Å². The van der Waals surface area contributed by atoms with Gasteiger partial charge in [-0.15, -0.1) is 0 Å². The molecule has 2 heterocycles. The molecule has 0 spiro atoms. The van der Waals surface area contributed by atoms with Crippen molar-refractivity contribution in [3.05, 3.63) is 35.1 Å². The number of nitrogens with one attached hydrogen (secondary N) is 5. The first-order valence-electron chi connectivity index (χ1n) is 17.1. The molecule has 1 aromatic rings. The lowest BCUT2D eigenvalue weighted by molar-refractivity contribution is -0.144. The lowest BCUT2D eigenvalue weighted by Gasteiger charge is -2.36. The highest BCUT2D eigenvalue weighted by Gasteiger charge is 2.51. The van der Waals surface area contributed by atoms with Gasteiger partial charge in [0.2, 0.25) is 17.6 Å². The zero-order valence-corrected chi connectivity index (χ0v) is 29.9.